The number of amides is 1. The number of aromatic carboxylic acids is 1. The van der Waals surface area contributed by atoms with Crippen molar-refractivity contribution in [1.29, 1.82) is 0 Å². The number of primary amides is 1. The molecule has 0 aliphatic carbocycles. The Hall–Kier alpha value is -1.88. The number of nitrogens with two attached hydrogens (primary N) is 1. The zero-order valence-corrected chi connectivity index (χ0v) is 9.48. The van der Waals surface area contributed by atoms with E-state index in [9.17, 15) is 9.59 Å². The van der Waals surface area contributed by atoms with Crippen LogP contribution in [0.1, 0.15) is 28.8 Å². The van der Waals surface area contributed by atoms with E-state index in [4.69, 9.17) is 10.8 Å². The highest BCUT2D eigenvalue weighted by Gasteiger charge is 2.07. The maximum absolute atomic E-state index is 10.9. The molecule has 0 radical (unpaired) electrons. The number of benzene rings is 1. The summed E-state index contributed by atoms with van der Waals surface area (Å²) in [5.74, 6) is -1.25. The molecule has 0 saturated heterocycles. The summed E-state index contributed by atoms with van der Waals surface area (Å²) in [5, 5.41) is 12.0. The van der Waals surface area contributed by atoms with Crippen LogP contribution in [0.4, 0.5) is 0 Å². The number of carboxylic acids is 1. The minimum absolute atomic E-state index is 0.301. The van der Waals surface area contributed by atoms with Gasteiger partial charge in [0.25, 0.3) is 0 Å². The third-order valence-electron chi connectivity index (χ3n) is 2.34. The molecule has 0 unspecified atom stereocenters. The van der Waals surface area contributed by atoms with Crippen LogP contribution >= 0.6 is 0 Å². The second-order valence-electron chi connectivity index (χ2n) is 3.71. The van der Waals surface area contributed by atoms with Gasteiger partial charge in [-0.1, -0.05) is 18.2 Å². The largest absolute Gasteiger partial charge is 0.478 e. The van der Waals surface area contributed by atoms with Crippen LogP contribution in [0, 0.1) is 0 Å². The third-order valence-corrected chi connectivity index (χ3v) is 2.34. The van der Waals surface area contributed by atoms with Crippen LogP contribution < -0.4 is 11.1 Å². The number of rotatable bonds is 7. The minimum Gasteiger partial charge on any atom is -0.478 e. The van der Waals surface area contributed by atoms with Gasteiger partial charge in [0.2, 0.25) is 5.91 Å². The molecule has 0 atom stereocenters. The van der Waals surface area contributed by atoms with Crippen molar-refractivity contribution in [3.05, 3.63) is 35.4 Å². The Morgan fingerprint density at radius 2 is 2.00 bits per heavy atom. The minimum atomic E-state index is -0.931. The highest BCUT2D eigenvalue weighted by molar-refractivity contribution is 5.89. The Balaban J connectivity index is 2.41. The van der Waals surface area contributed by atoms with E-state index in [1.807, 2.05) is 0 Å². The molecule has 5 heteroatoms. The highest BCUT2D eigenvalue weighted by atomic mass is 16.4. The standard InChI is InChI=1S/C12H16N2O3/c13-11(15)6-3-7-14-8-9-4-1-2-5-10(9)12(16)17/h1-2,4-5,14H,3,6-8H2,(H2,13,15)(H,16,17). The van der Waals surface area contributed by atoms with E-state index < -0.39 is 5.97 Å². The van der Waals surface area contributed by atoms with Gasteiger partial charge in [-0.2, -0.15) is 0 Å². The van der Waals surface area contributed by atoms with Crippen LogP contribution in [0.15, 0.2) is 24.3 Å². The zero-order valence-electron chi connectivity index (χ0n) is 9.48. The number of hydrogen-bond donors (Lipinski definition) is 3. The van der Waals surface area contributed by atoms with Gasteiger partial charge in [0, 0.05) is 13.0 Å². The van der Waals surface area contributed by atoms with Crippen LogP contribution in [-0.2, 0) is 11.3 Å². The van der Waals surface area contributed by atoms with Gasteiger partial charge in [-0.05, 0) is 24.6 Å². The molecule has 1 aromatic rings. The number of carbonyl (C=O) groups is 2. The molecular formula is C12H16N2O3. The third kappa shape index (κ3) is 4.65. The lowest BCUT2D eigenvalue weighted by atomic mass is 10.1. The summed E-state index contributed by atoms with van der Waals surface area (Å²) in [6, 6.07) is 6.83. The van der Waals surface area contributed by atoms with E-state index in [1.54, 1.807) is 24.3 Å². The first-order chi connectivity index (χ1) is 8.11. The predicted molar refractivity (Wildman–Crippen MR) is 63.5 cm³/mol. The second kappa shape index (κ2) is 6.65. The summed E-state index contributed by atoms with van der Waals surface area (Å²) >= 11 is 0. The van der Waals surface area contributed by atoms with Gasteiger partial charge in [-0.3, -0.25) is 4.79 Å². The molecule has 0 heterocycles. The fourth-order valence-corrected chi connectivity index (χ4v) is 1.49. The number of carboxylic acid groups (broad SMARTS) is 1. The SMILES string of the molecule is NC(=O)CCCNCc1ccccc1C(=O)O. The smallest absolute Gasteiger partial charge is 0.336 e. The summed E-state index contributed by atoms with van der Waals surface area (Å²) in [6.07, 6.45) is 0.998. The van der Waals surface area contributed by atoms with Crippen LogP contribution in [-0.4, -0.2) is 23.5 Å². The summed E-state index contributed by atoms with van der Waals surface area (Å²) in [4.78, 5) is 21.4. The van der Waals surface area contributed by atoms with E-state index in [-0.39, 0.29) is 5.91 Å². The molecule has 0 aliphatic rings. The molecule has 92 valence electrons. The Labute approximate surface area is 99.6 Å². The van der Waals surface area contributed by atoms with Gasteiger partial charge < -0.3 is 16.2 Å². The number of nitrogens with one attached hydrogen (secondary N) is 1. The Morgan fingerprint density at radius 1 is 1.29 bits per heavy atom. The summed E-state index contributed by atoms with van der Waals surface area (Å²) in [6.45, 7) is 1.11. The second-order valence-corrected chi connectivity index (χ2v) is 3.71. The molecule has 0 fully saturated rings. The van der Waals surface area contributed by atoms with Gasteiger partial charge in [0.05, 0.1) is 5.56 Å². The van der Waals surface area contributed by atoms with Crippen molar-refractivity contribution in [3.63, 3.8) is 0 Å². The summed E-state index contributed by atoms with van der Waals surface area (Å²) < 4.78 is 0. The molecule has 5 nitrogen and oxygen atoms in total. The van der Waals surface area contributed by atoms with Crippen molar-refractivity contribution in [2.75, 3.05) is 6.54 Å². The summed E-state index contributed by atoms with van der Waals surface area (Å²) in [5.41, 5.74) is 6.04. The maximum Gasteiger partial charge on any atom is 0.336 e. The van der Waals surface area contributed by atoms with Crippen LogP contribution in [0.5, 0.6) is 0 Å². The van der Waals surface area contributed by atoms with Crippen LogP contribution in [0.3, 0.4) is 0 Å². The normalized spacial score (nSPS) is 10.1. The molecular weight excluding hydrogens is 220 g/mol. The lowest BCUT2D eigenvalue weighted by Gasteiger charge is -2.07. The number of carbonyl (C=O) groups excluding carboxylic acids is 1. The van der Waals surface area contributed by atoms with Gasteiger partial charge in [-0.25, -0.2) is 4.79 Å². The first kappa shape index (κ1) is 13.2. The number of hydrogen-bond acceptors (Lipinski definition) is 3. The van der Waals surface area contributed by atoms with Crippen LogP contribution in [0.25, 0.3) is 0 Å². The molecule has 1 rings (SSSR count). The van der Waals surface area contributed by atoms with E-state index in [2.05, 4.69) is 5.32 Å². The zero-order chi connectivity index (χ0) is 12.7. The average Bonchev–Trinajstić information content (AvgIpc) is 2.28. The van der Waals surface area contributed by atoms with Crippen molar-refractivity contribution in [2.45, 2.75) is 19.4 Å². The fourth-order valence-electron chi connectivity index (χ4n) is 1.49. The molecule has 4 N–H and O–H groups in total. The van der Waals surface area contributed by atoms with Crippen molar-refractivity contribution < 1.29 is 14.7 Å². The monoisotopic (exact) mass is 236 g/mol. The van der Waals surface area contributed by atoms with Crippen molar-refractivity contribution in [2.24, 2.45) is 5.73 Å². The predicted octanol–water partition coefficient (Wildman–Crippen LogP) is 0.740. The molecule has 0 aromatic heterocycles. The Kier molecular flexibility index (Phi) is 5.16. The average molecular weight is 236 g/mol. The first-order valence-corrected chi connectivity index (χ1v) is 5.41. The summed E-state index contributed by atoms with van der Waals surface area (Å²) in [7, 11) is 0. The van der Waals surface area contributed by atoms with Crippen molar-refractivity contribution in [3.8, 4) is 0 Å². The molecule has 0 aliphatic heterocycles. The molecule has 17 heavy (non-hydrogen) atoms. The van der Waals surface area contributed by atoms with Gasteiger partial charge >= 0.3 is 5.97 Å². The molecule has 0 bridgehead atoms. The maximum atomic E-state index is 10.9. The molecule has 0 saturated carbocycles. The molecule has 0 spiro atoms. The molecule has 1 amide bonds. The van der Waals surface area contributed by atoms with Crippen LogP contribution in [0.2, 0.25) is 0 Å². The van der Waals surface area contributed by atoms with Crippen molar-refractivity contribution >= 4 is 11.9 Å². The highest BCUT2D eigenvalue weighted by Crippen LogP contribution is 2.08. The van der Waals surface area contributed by atoms with E-state index >= 15 is 0 Å². The van der Waals surface area contributed by atoms with Gasteiger partial charge in [-0.15, -0.1) is 0 Å². The van der Waals surface area contributed by atoms with E-state index in [1.165, 1.54) is 0 Å². The Morgan fingerprint density at radius 3 is 2.65 bits per heavy atom. The fraction of sp³-hybridized carbons (Fsp3) is 0.333. The quantitative estimate of drug-likeness (QED) is 0.609. The van der Waals surface area contributed by atoms with Crippen molar-refractivity contribution in [1.82, 2.24) is 5.32 Å². The lowest BCUT2D eigenvalue weighted by Crippen LogP contribution is -2.19. The first-order valence-electron chi connectivity index (χ1n) is 5.41. The topological polar surface area (TPSA) is 92.4 Å². The molecule has 1 aromatic carbocycles. The lowest BCUT2D eigenvalue weighted by molar-refractivity contribution is -0.118. The van der Waals surface area contributed by atoms with E-state index in [0.717, 1.165) is 5.56 Å². The van der Waals surface area contributed by atoms with E-state index in [0.29, 0.717) is 31.5 Å². The Bertz CT molecular complexity index is 404. The van der Waals surface area contributed by atoms with Gasteiger partial charge in [0.1, 0.15) is 0 Å². The van der Waals surface area contributed by atoms with Gasteiger partial charge in [0.15, 0.2) is 0 Å².